The van der Waals surface area contributed by atoms with Crippen LogP contribution in [0.15, 0.2) is 17.5 Å². The Morgan fingerprint density at radius 1 is 1.40 bits per heavy atom. The van der Waals surface area contributed by atoms with Gasteiger partial charge < -0.3 is 14.8 Å². The van der Waals surface area contributed by atoms with E-state index in [1.54, 1.807) is 25.6 Å². The second-order valence-electron chi connectivity index (χ2n) is 3.29. The number of hydrogen-bond donors (Lipinski definition) is 1. The molecule has 1 heterocycles. The molecular weight excluding hydrogens is 210 g/mol. The van der Waals surface area contributed by atoms with Gasteiger partial charge in [-0.25, -0.2) is 0 Å². The summed E-state index contributed by atoms with van der Waals surface area (Å²) in [6.07, 6.45) is 0.873. The van der Waals surface area contributed by atoms with E-state index in [-0.39, 0.29) is 12.3 Å². The number of nitrogens with one attached hydrogen (secondary N) is 1. The molecule has 0 aliphatic carbocycles. The largest absolute Gasteiger partial charge is 0.354 e. The lowest BCUT2D eigenvalue weighted by Gasteiger charge is -2.24. The highest BCUT2D eigenvalue weighted by Gasteiger charge is 2.22. The summed E-state index contributed by atoms with van der Waals surface area (Å²) in [4.78, 5) is 1.25. The average Bonchev–Trinajstić information content (AvgIpc) is 2.77. The summed E-state index contributed by atoms with van der Waals surface area (Å²) in [6.45, 7) is 3.11. The predicted molar refractivity (Wildman–Crippen MR) is 63.2 cm³/mol. The van der Waals surface area contributed by atoms with Crippen molar-refractivity contribution >= 4 is 11.3 Å². The van der Waals surface area contributed by atoms with Crippen LogP contribution in [-0.4, -0.2) is 27.1 Å². The van der Waals surface area contributed by atoms with Gasteiger partial charge in [-0.15, -0.1) is 11.3 Å². The van der Waals surface area contributed by atoms with E-state index >= 15 is 0 Å². The van der Waals surface area contributed by atoms with E-state index in [1.165, 1.54) is 4.88 Å². The van der Waals surface area contributed by atoms with Gasteiger partial charge in [0.1, 0.15) is 0 Å². The lowest BCUT2D eigenvalue weighted by atomic mass is 10.2. The standard InChI is InChI=1S/C11H19NO2S/c1-4-7-12-10(11(13-2)14-3)9-6-5-8-15-9/h5-6,8,10-12H,4,7H2,1-3H3. The van der Waals surface area contributed by atoms with Gasteiger partial charge in [0.25, 0.3) is 0 Å². The van der Waals surface area contributed by atoms with Gasteiger partial charge >= 0.3 is 0 Å². The van der Waals surface area contributed by atoms with Crippen LogP contribution in [0.25, 0.3) is 0 Å². The van der Waals surface area contributed by atoms with Crippen LogP contribution in [0.3, 0.4) is 0 Å². The third-order valence-electron chi connectivity index (χ3n) is 2.20. The lowest BCUT2D eigenvalue weighted by Crippen LogP contribution is -2.34. The summed E-state index contributed by atoms with van der Waals surface area (Å²) in [7, 11) is 3.34. The SMILES string of the molecule is CCCNC(c1cccs1)C(OC)OC. The van der Waals surface area contributed by atoms with Gasteiger partial charge in [0.15, 0.2) is 6.29 Å². The zero-order valence-corrected chi connectivity index (χ0v) is 10.3. The Morgan fingerprint density at radius 3 is 2.60 bits per heavy atom. The summed E-state index contributed by atoms with van der Waals surface area (Å²) in [6, 6.07) is 4.27. The third-order valence-corrected chi connectivity index (χ3v) is 3.16. The number of ether oxygens (including phenoxy) is 2. The molecule has 15 heavy (non-hydrogen) atoms. The molecule has 0 bridgehead atoms. The minimum absolute atomic E-state index is 0.125. The van der Waals surface area contributed by atoms with Crippen LogP contribution in [-0.2, 0) is 9.47 Å². The maximum Gasteiger partial charge on any atom is 0.177 e. The van der Waals surface area contributed by atoms with Gasteiger partial charge in [0, 0.05) is 19.1 Å². The van der Waals surface area contributed by atoms with E-state index in [4.69, 9.17) is 9.47 Å². The monoisotopic (exact) mass is 229 g/mol. The van der Waals surface area contributed by atoms with Crippen molar-refractivity contribution in [2.75, 3.05) is 20.8 Å². The Kier molecular flexibility index (Phi) is 5.86. The molecule has 86 valence electrons. The summed E-state index contributed by atoms with van der Waals surface area (Å²) in [5, 5.41) is 5.50. The first-order chi connectivity index (χ1) is 7.33. The second-order valence-corrected chi connectivity index (χ2v) is 4.27. The predicted octanol–water partition coefficient (Wildman–Crippen LogP) is 2.41. The number of hydrogen-bond acceptors (Lipinski definition) is 4. The normalized spacial score (nSPS) is 13.3. The molecule has 0 amide bonds. The summed E-state index contributed by atoms with van der Waals surface area (Å²) in [5.74, 6) is 0. The quantitative estimate of drug-likeness (QED) is 0.728. The molecule has 0 saturated carbocycles. The zero-order chi connectivity index (χ0) is 11.1. The molecule has 0 radical (unpaired) electrons. The highest BCUT2D eigenvalue weighted by molar-refractivity contribution is 7.10. The molecule has 1 rings (SSSR count). The molecule has 0 aliphatic heterocycles. The minimum atomic E-state index is -0.227. The number of thiophene rings is 1. The number of rotatable bonds is 7. The van der Waals surface area contributed by atoms with Crippen LogP contribution in [0.2, 0.25) is 0 Å². The van der Waals surface area contributed by atoms with E-state index in [2.05, 4.69) is 23.7 Å². The molecule has 1 aromatic rings. The molecule has 1 aromatic heterocycles. The van der Waals surface area contributed by atoms with Crippen molar-refractivity contribution in [1.82, 2.24) is 5.32 Å². The van der Waals surface area contributed by atoms with Gasteiger partial charge in [0.2, 0.25) is 0 Å². The summed E-state index contributed by atoms with van der Waals surface area (Å²) >= 11 is 1.72. The fourth-order valence-electron chi connectivity index (χ4n) is 1.47. The maximum absolute atomic E-state index is 5.30. The highest BCUT2D eigenvalue weighted by atomic mass is 32.1. The van der Waals surface area contributed by atoms with Crippen molar-refractivity contribution in [1.29, 1.82) is 0 Å². The van der Waals surface area contributed by atoms with Crippen LogP contribution in [0.5, 0.6) is 0 Å². The minimum Gasteiger partial charge on any atom is -0.354 e. The Balaban J connectivity index is 2.68. The maximum atomic E-state index is 5.30. The summed E-state index contributed by atoms with van der Waals surface area (Å²) < 4.78 is 10.6. The molecule has 1 N–H and O–H groups in total. The van der Waals surface area contributed by atoms with E-state index in [1.807, 2.05) is 6.07 Å². The molecular formula is C11H19NO2S. The first kappa shape index (κ1) is 12.6. The van der Waals surface area contributed by atoms with Crippen molar-refractivity contribution in [2.24, 2.45) is 0 Å². The molecule has 0 aliphatic rings. The van der Waals surface area contributed by atoms with Crippen LogP contribution in [0.4, 0.5) is 0 Å². The fraction of sp³-hybridized carbons (Fsp3) is 0.636. The lowest BCUT2D eigenvalue weighted by molar-refractivity contribution is -0.123. The van der Waals surface area contributed by atoms with E-state index < -0.39 is 0 Å². The molecule has 4 heteroatoms. The smallest absolute Gasteiger partial charge is 0.177 e. The third kappa shape index (κ3) is 3.57. The van der Waals surface area contributed by atoms with Gasteiger partial charge in [-0.1, -0.05) is 13.0 Å². The highest BCUT2D eigenvalue weighted by Crippen LogP contribution is 2.23. The van der Waals surface area contributed by atoms with E-state index in [0.717, 1.165) is 13.0 Å². The first-order valence-electron chi connectivity index (χ1n) is 5.15. The van der Waals surface area contributed by atoms with Crippen molar-refractivity contribution in [3.05, 3.63) is 22.4 Å². The molecule has 0 spiro atoms. The topological polar surface area (TPSA) is 30.5 Å². The molecule has 0 saturated heterocycles. The van der Waals surface area contributed by atoms with Gasteiger partial charge in [-0.3, -0.25) is 0 Å². The van der Waals surface area contributed by atoms with Crippen molar-refractivity contribution in [2.45, 2.75) is 25.7 Å². The molecule has 1 unspecified atom stereocenters. The summed E-state index contributed by atoms with van der Waals surface area (Å²) in [5.41, 5.74) is 0. The number of methoxy groups -OCH3 is 2. The molecule has 1 atom stereocenters. The van der Waals surface area contributed by atoms with Gasteiger partial charge in [0.05, 0.1) is 6.04 Å². The van der Waals surface area contributed by atoms with Crippen LogP contribution in [0.1, 0.15) is 24.3 Å². The van der Waals surface area contributed by atoms with Gasteiger partial charge in [-0.05, 0) is 24.4 Å². The fourth-order valence-corrected chi connectivity index (χ4v) is 2.28. The Bertz CT molecular complexity index is 247. The van der Waals surface area contributed by atoms with E-state index in [9.17, 15) is 0 Å². The van der Waals surface area contributed by atoms with Crippen LogP contribution >= 0.6 is 11.3 Å². The zero-order valence-electron chi connectivity index (χ0n) is 9.53. The van der Waals surface area contributed by atoms with Crippen LogP contribution in [0, 0.1) is 0 Å². The van der Waals surface area contributed by atoms with Gasteiger partial charge in [-0.2, -0.15) is 0 Å². The van der Waals surface area contributed by atoms with Crippen molar-refractivity contribution in [3.63, 3.8) is 0 Å². The molecule has 3 nitrogen and oxygen atoms in total. The van der Waals surface area contributed by atoms with Crippen molar-refractivity contribution < 1.29 is 9.47 Å². The van der Waals surface area contributed by atoms with E-state index in [0.29, 0.717) is 0 Å². The van der Waals surface area contributed by atoms with Crippen molar-refractivity contribution in [3.8, 4) is 0 Å². The Morgan fingerprint density at radius 2 is 2.13 bits per heavy atom. The van der Waals surface area contributed by atoms with Crippen LogP contribution < -0.4 is 5.32 Å². The Hall–Kier alpha value is -0.420. The Labute approximate surface area is 95.4 Å². The average molecular weight is 229 g/mol. The second kappa shape index (κ2) is 6.95. The molecule has 0 aromatic carbocycles. The first-order valence-corrected chi connectivity index (χ1v) is 6.03. The molecule has 0 fully saturated rings.